The number of rotatable bonds is 6. The largest absolute Gasteiger partial charge is 0.474 e. The number of aromatic nitrogens is 2. The van der Waals surface area contributed by atoms with Crippen LogP contribution in [0.1, 0.15) is 69.6 Å². The molecule has 8 heteroatoms. The third-order valence-electron chi connectivity index (χ3n) is 4.22. The van der Waals surface area contributed by atoms with E-state index >= 15 is 0 Å². The van der Waals surface area contributed by atoms with Crippen molar-refractivity contribution >= 4 is 15.7 Å². The third kappa shape index (κ3) is 6.61. The van der Waals surface area contributed by atoms with E-state index in [1.807, 2.05) is 20.8 Å². The number of amides is 1. The molecule has 1 heterocycles. The van der Waals surface area contributed by atoms with Gasteiger partial charge in [0.1, 0.15) is 17.5 Å². The lowest BCUT2D eigenvalue weighted by Gasteiger charge is -2.21. The van der Waals surface area contributed by atoms with Gasteiger partial charge in [0.2, 0.25) is 5.88 Å². The zero-order chi connectivity index (χ0) is 20.2. The number of ether oxygens (including phenoxy) is 1. The van der Waals surface area contributed by atoms with Crippen LogP contribution in [0, 0.1) is 0 Å². The molecule has 1 N–H and O–H groups in total. The monoisotopic (exact) mass is 395 g/mol. The summed E-state index contributed by atoms with van der Waals surface area (Å²) in [4.78, 5) is 21.5. The van der Waals surface area contributed by atoms with Crippen molar-refractivity contribution in [3.63, 3.8) is 0 Å². The lowest BCUT2D eigenvalue weighted by molar-refractivity contribution is 0.0937. The SMILES string of the molecule is CC(C=CS(C)(=O)=O)NC(=O)c1cnc(C(C)(C)C)nc1OC1CCCC1. The Morgan fingerprint density at radius 2 is 1.96 bits per heavy atom. The Balaban J connectivity index is 2.25. The molecule has 1 amide bonds. The quantitative estimate of drug-likeness (QED) is 0.795. The van der Waals surface area contributed by atoms with Gasteiger partial charge >= 0.3 is 0 Å². The molecule has 7 nitrogen and oxygen atoms in total. The van der Waals surface area contributed by atoms with Crippen LogP contribution in [0.4, 0.5) is 0 Å². The normalized spacial score (nSPS) is 17.2. The maximum atomic E-state index is 12.7. The summed E-state index contributed by atoms with van der Waals surface area (Å²) in [6.45, 7) is 7.69. The summed E-state index contributed by atoms with van der Waals surface area (Å²) in [5, 5.41) is 3.82. The fourth-order valence-corrected chi connectivity index (χ4v) is 3.25. The number of sulfone groups is 1. The molecular formula is C19H29N3O4S. The van der Waals surface area contributed by atoms with Crippen molar-refractivity contribution in [3.05, 3.63) is 29.1 Å². The molecule has 1 saturated carbocycles. The van der Waals surface area contributed by atoms with E-state index in [0.717, 1.165) is 37.3 Å². The lowest BCUT2D eigenvalue weighted by Crippen LogP contribution is -2.32. The van der Waals surface area contributed by atoms with Crippen LogP contribution in [0.2, 0.25) is 0 Å². The second-order valence-corrected chi connectivity index (χ2v) is 10.0. The summed E-state index contributed by atoms with van der Waals surface area (Å²) in [5.41, 5.74) is -0.0107. The predicted octanol–water partition coefficient (Wildman–Crippen LogP) is 2.77. The Bertz CT molecular complexity index is 807. The van der Waals surface area contributed by atoms with E-state index in [1.165, 1.54) is 12.3 Å². The topological polar surface area (TPSA) is 98.2 Å². The van der Waals surface area contributed by atoms with Crippen molar-refractivity contribution < 1.29 is 17.9 Å². The number of hydrogen-bond donors (Lipinski definition) is 1. The highest BCUT2D eigenvalue weighted by Gasteiger charge is 2.25. The smallest absolute Gasteiger partial charge is 0.258 e. The summed E-state index contributed by atoms with van der Waals surface area (Å²) < 4.78 is 28.5. The van der Waals surface area contributed by atoms with E-state index in [1.54, 1.807) is 6.92 Å². The standard InChI is InChI=1S/C19H29N3O4S/c1-13(10-11-27(5,24)25)21-16(23)15-12-20-18(19(2,3)4)22-17(15)26-14-8-6-7-9-14/h10-14H,6-9H2,1-5H3,(H,21,23). The number of hydrogen-bond acceptors (Lipinski definition) is 6. The molecule has 1 unspecified atom stereocenters. The molecule has 2 rings (SSSR count). The summed E-state index contributed by atoms with van der Waals surface area (Å²) >= 11 is 0. The molecule has 0 bridgehead atoms. The molecular weight excluding hydrogens is 366 g/mol. The van der Waals surface area contributed by atoms with Gasteiger partial charge in [-0.1, -0.05) is 26.8 Å². The van der Waals surface area contributed by atoms with Crippen LogP contribution in [-0.2, 0) is 15.3 Å². The Kier molecular flexibility index (Phi) is 6.62. The zero-order valence-electron chi connectivity index (χ0n) is 16.7. The molecule has 1 aromatic heterocycles. The van der Waals surface area contributed by atoms with Gasteiger partial charge in [0, 0.05) is 29.3 Å². The zero-order valence-corrected chi connectivity index (χ0v) is 17.5. The molecule has 0 radical (unpaired) electrons. The first-order chi connectivity index (χ1) is 12.5. The molecule has 27 heavy (non-hydrogen) atoms. The van der Waals surface area contributed by atoms with Crippen molar-refractivity contribution in [1.82, 2.24) is 15.3 Å². The Morgan fingerprint density at radius 3 is 2.52 bits per heavy atom. The summed E-state index contributed by atoms with van der Waals surface area (Å²) in [5.74, 6) is 0.504. The molecule has 0 saturated heterocycles. The van der Waals surface area contributed by atoms with Crippen LogP contribution in [0.15, 0.2) is 17.7 Å². The van der Waals surface area contributed by atoms with Gasteiger partial charge in [-0.05, 0) is 32.6 Å². The van der Waals surface area contributed by atoms with E-state index in [4.69, 9.17) is 4.74 Å². The van der Waals surface area contributed by atoms with Crippen LogP contribution in [0.5, 0.6) is 5.88 Å². The highest BCUT2D eigenvalue weighted by atomic mass is 32.2. The van der Waals surface area contributed by atoms with Gasteiger partial charge in [-0.2, -0.15) is 4.98 Å². The van der Waals surface area contributed by atoms with E-state index < -0.39 is 21.8 Å². The summed E-state index contributed by atoms with van der Waals surface area (Å²) in [6, 6.07) is -0.464. The molecule has 1 aliphatic rings. The van der Waals surface area contributed by atoms with Gasteiger partial charge in [-0.15, -0.1) is 0 Å². The van der Waals surface area contributed by atoms with Crippen molar-refractivity contribution in [2.75, 3.05) is 6.26 Å². The van der Waals surface area contributed by atoms with Gasteiger partial charge in [0.15, 0.2) is 9.84 Å². The molecule has 1 aliphatic carbocycles. The fraction of sp³-hybridized carbons (Fsp3) is 0.632. The van der Waals surface area contributed by atoms with E-state index in [9.17, 15) is 13.2 Å². The number of carbonyl (C=O) groups excluding carboxylic acids is 1. The summed E-state index contributed by atoms with van der Waals surface area (Å²) in [6.07, 6.45) is 8.18. The molecule has 0 aromatic carbocycles. The van der Waals surface area contributed by atoms with Crippen LogP contribution in [0.3, 0.4) is 0 Å². The Morgan fingerprint density at radius 1 is 1.33 bits per heavy atom. The first-order valence-corrected chi connectivity index (χ1v) is 11.1. The van der Waals surface area contributed by atoms with E-state index in [-0.39, 0.29) is 17.1 Å². The van der Waals surface area contributed by atoms with Gasteiger partial charge in [0.25, 0.3) is 5.91 Å². The van der Waals surface area contributed by atoms with Gasteiger partial charge in [0.05, 0.1) is 0 Å². The molecule has 150 valence electrons. The maximum absolute atomic E-state index is 12.7. The molecule has 0 aliphatic heterocycles. The highest BCUT2D eigenvalue weighted by Crippen LogP contribution is 2.27. The Hall–Kier alpha value is -1.96. The average Bonchev–Trinajstić information content (AvgIpc) is 3.04. The molecule has 1 fully saturated rings. The predicted molar refractivity (Wildman–Crippen MR) is 105 cm³/mol. The minimum atomic E-state index is -3.25. The van der Waals surface area contributed by atoms with Gasteiger partial charge in [-0.3, -0.25) is 4.79 Å². The van der Waals surface area contributed by atoms with Crippen LogP contribution in [0.25, 0.3) is 0 Å². The van der Waals surface area contributed by atoms with Crippen LogP contribution in [-0.4, -0.2) is 42.7 Å². The van der Waals surface area contributed by atoms with Crippen molar-refractivity contribution in [3.8, 4) is 5.88 Å². The van der Waals surface area contributed by atoms with Gasteiger partial charge in [-0.25, -0.2) is 13.4 Å². The third-order valence-corrected chi connectivity index (χ3v) is 4.87. The number of nitrogens with zero attached hydrogens (tertiary/aromatic N) is 2. The van der Waals surface area contributed by atoms with Crippen molar-refractivity contribution in [2.24, 2.45) is 0 Å². The van der Waals surface area contributed by atoms with Crippen molar-refractivity contribution in [1.29, 1.82) is 0 Å². The first kappa shape index (κ1) is 21.3. The molecule has 1 atom stereocenters. The first-order valence-electron chi connectivity index (χ1n) is 9.19. The molecule has 1 aromatic rings. The minimum Gasteiger partial charge on any atom is -0.474 e. The second kappa shape index (κ2) is 8.37. The van der Waals surface area contributed by atoms with Crippen LogP contribution < -0.4 is 10.1 Å². The summed E-state index contributed by atoms with van der Waals surface area (Å²) in [7, 11) is -3.25. The van der Waals surface area contributed by atoms with E-state index in [2.05, 4.69) is 15.3 Å². The Labute approximate surface area is 161 Å². The number of carbonyl (C=O) groups is 1. The molecule has 0 spiro atoms. The second-order valence-electron chi connectivity index (χ2n) is 8.11. The average molecular weight is 396 g/mol. The van der Waals surface area contributed by atoms with Crippen LogP contribution >= 0.6 is 0 Å². The van der Waals surface area contributed by atoms with Crippen molar-refractivity contribution in [2.45, 2.75) is 70.9 Å². The highest BCUT2D eigenvalue weighted by molar-refractivity contribution is 7.93. The minimum absolute atomic E-state index is 0.0572. The number of nitrogens with one attached hydrogen (secondary N) is 1. The maximum Gasteiger partial charge on any atom is 0.258 e. The lowest BCUT2D eigenvalue weighted by atomic mass is 9.95. The fourth-order valence-electron chi connectivity index (χ4n) is 2.73. The van der Waals surface area contributed by atoms with Gasteiger partial charge < -0.3 is 10.1 Å². The van der Waals surface area contributed by atoms with E-state index in [0.29, 0.717) is 11.7 Å².